The maximum atomic E-state index is 11.6. The van der Waals surface area contributed by atoms with E-state index in [0.717, 1.165) is 0 Å². The number of aliphatic hydroxyl groups excluding tert-OH is 1. The van der Waals surface area contributed by atoms with Gasteiger partial charge in [0.1, 0.15) is 6.10 Å². The smallest absolute Gasteiger partial charge is 0.192 e. The first-order chi connectivity index (χ1) is 7.06. The molecule has 0 radical (unpaired) electrons. The highest BCUT2D eigenvalue weighted by atomic mass is 35.5. The quantitative estimate of drug-likeness (QED) is 0.798. The second-order valence-electron chi connectivity index (χ2n) is 3.07. The highest BCUT2D eigenvalue weighted by Crippen LogP contribution is 2.23. The first-order valence-electron chi connectivity index (χ1n) is 4.38. The Morgan fingerprint density at radius 2 is 2.13 bits per heavy atom. The summed E-state index contributed by atoms with van der Waals surface area (Å²) in [5, 5.41) is 12.8. The van der Waals surface area contributed by atoms with Crippen molar-refractivity contribution >= 4 is 29.0 Å². The normalized spacial score (nSPS) is 12.5. The maximum Gasteiger partial charge on any atom is 0.192 e. The molecule has 1 aromatic rings. The van der Waals surface area contributed by atoms with Gasteiger partial charge >= 0.3 is 0 Å². The van der Waals surface area contributed by atoms with Crippen LogP contribution in [0.25, 0.3) is 0 Å². The number of Topliss-reactive ketones (excluding diaryl/α,β-unsaturated/α-hetero) is 1. The fourth-order valence-electron chi connectivity index (χ4n) is 1.13. The Labute approximate surface area is 98.0 Å². The largest absolute Gasteiger partial charge is 0.384 e. The lowest BCUT2D eigenvalue weighted by Crippen LogP contribution is -2.31. The molecule has 0 bridgehead atoms. The predicted octanol–water partition coefficient (Wildman–Crippen LogP) is 1.76. The molecule has 1 rings (SSSR count). The molecule has 0 heterocycles. The average molecular weight is 248 g/mol. The number of halogens is 2. The van der Waals surface area contributed by atoms with Crippen LogP contribution in [0.4, 0.5) is 0 Å². The van der Waals surface area contributed by atoms with E-state index in [2.05, 4.69) is 5.32 Å². The van der Waals surface area contributed by atoms with Gasteiger partial charge in [0.2, 0.25) is 0 Å². The molecule has 0 aliphatic rings. The number of rotatable bonds is 4. The first kappa shape index (κ1) is 12.5. The predicted molar refractivity (Wildman–Crippen MR) is 60.7 cm³/mol. The Kier molecular flexibility index (Phi) is 4.54. The maximum absolute atomic E-state index is 11.6. The Morgan fingerprint density at radius 3 is 2.67 bits per heavy atom. The van der Waals surface area contributed by atoms with Gasteiger partial charge in [-0.05, 0) is 25.2 Å². The Bertz CT molecular complexity index is 368. The standard InChI is InChI=1S/C10H11Cl2NO2/c1-13-5-9(14)10(15)6-2-3-7(11)8(12)4-6/h2-4,9,13-14H,5H2,1H3. The minimum Gasteiger partial charge on any atom is -0.384 e. The van der Waals surface area contributed by atoms with Crippen molar-refractivity contribution in [3.63, 3.8) is 0 Å². The van der Waals surface area contributed by atoms with Crippen molar-refractivity contribution in [2.75, 3.05) is 13.6 Å². The molecule has 1 aromatic carbocycles. The van der Waals surface area contributed by atoms with Crippen LogP contribution in [0, 0.1) is 0 Å². The average Bonchev–Trinajstić information content (AvgIpc) is 2.21. The van der Waals surface area contributed by atoms with Crippen molar-refractivity contribution in [3.8, 4) is 0 Å². The van der Waals surface area contributed by atoms with Crippen LogP contribution < -0.4 is 5.32 Å². The number of carbonyl (C=O) groups is 1. The van der Waals surface area contributed by atoms with E-state index in [9.17, 15) is 9.90 Å². The van der Waals surface area contributed by atoms with Gasteiger partial charge in [-0.3, -0.25) is 4.79 Å². The number of benzene rings is 1. The molecule has 1 unspecified atom stereocenters. The second-order valence-corrected chi connectivity index (χ2v) is 3.88. The van der Waals surface area contributed by atoms with Crippen LogP contribution in [-0.2, 0) is 0 Å². The van der Waals surface area contributed by atoms with Gasteiger partial charge in [-0.15, -0.1) is 0 Å². The van der Waals surface area contributed by atoms with E-state index in [4.69, 9.17) is 23.2 Å². The summed E-state index contributed by atoms with van der Waals surface area (Å²) in [7, 11) is 1.66. The Balaban J connectivity index is 2.87. The third-order valence-electron chi connectivity index (χ3n) is 1.90. The minimum atomic E-state index is -1.06. The molecular formula is C10H11Cl2NO2. The molecule has 82 valence electrons. The van der Waals surface area contributed by atoms with Gasteiger partial charge in [0.05, 0.1) is 10.0 Å². The molecule has 1 atom stereocenters. The number of nitrogens with one attached hydrogen (secondary N) is 1. The highest BCUT2D eigenvalue weighted by molar-refractivity contribution is 6.42. The number of likely N-dealkylation sites (N-methyl/N-ethyl adjacent to an activating group) is 1. The summed E-state index contributed by atoms with van der Waals surface area (Å²) in [6, 6.07) is 4.52. The fourth-order valence-corrected chi connectivity index (χ4v) is 1.43. The van der Waals surface area contributed by atoms with E-state index in [1.807, 2.05) is 0 Å². The Hall–Kier alpha value is -0.610. The summed E-state index contributed by atoms with van der Waals surface area (Å²) in [5.74, 6) is -0.372. The third-order valence-corrected chi connectivity index (χ3v) is 2.64. The summed E-state index contributed by atoms with van der Waals surface area (Å²) in [6.07, 6.45) is -1.06. The zero-order valence-electron chi connectivity index (χ0n) is 8.13. The highest BCUT2D eigenvalue weighted by Gasteiger charge is 2.16. The second kappa shape index (κ2) is 5.47. The molecule has 0 saturated heterocycles. The van der Waals surface area contributed by atoms with Gasteiger partial charge in [-0.25, -0.2) is 0 Å². The zero-order chi connectivity index (χ0) is 11.4. The monoisotopic (exact) mass is 247 g/mol. The van der Waals surface area contributed by atoms with Gasteiger partial charge in [0, 0.05) is 12.1 Å². The van der Waals surface area contributed by atoms with Crippen molar-refractivity contribution in [3.05, 3.63) is 33.8 Å². The lowest BCUT2D eigenvalue weighted by Gasteiger charge is -2.09. The molecule has 0 amide bonds. The first-order valence-corrected chi connectivity index (χ1v) is 5.13. The molecule has 0 spiro atoms. The summed E-state index contributed by atoms with van der Waals surface area (Å²) in [4.78, 5) is 11.6. The molecular weight excluding hydrogens is 237 g/mol. The van der Waals surface area contributed by atoms with Crippen molar-refractivity contribution in [2.45, 2.75) is 6.10 Å². The topological polar surface area (TPSA) is 49.3 Å². The van der Waals surface area contributed by atoms with Crippen LogP contribution in [0.5, 0.6) is 0 Å². The zero-order valence-corrected chi connectivity index (χ0v) is 9.64. The van der Waals surface area contributed by atoms with Crippen molar-refractivity contribution < 1.29 is 9.90 Å². The Morgan fingerprint density at radius 1 is 1.47 bits per heavy atom. The molecule has 0 aromatic heterocycles. The van der Waals surface area contributed by atoms with Crippen LogP contribution >= 0.6 is 23.2 Å². The summed E-state index contributed by atoms with van der Waals surface area (Å²) in [5.41, 5.74) is 0.354. The van der Waals surface area contributed by atoms with E-state index in [1.54, 1.807) is 7.05 Å². The number of ketones is 1. The molecule has 0 fully saturated rings. The van der Waals surface area contributed by atoms with E-state index in [-0.39, 0.29) is 12.3 Å². The van der Waals surface area contributed by atoms with Gasteiger partial charge in [-0.1, -0.05) is 23.2 Å². The number of carbonyl (C=O) groups excluding carboxylic acids is 1. The molecule has 2 N–H and O–H groups in total. The lowest BCUT2D eigenvalue weighted by atomic mass is 10.1. The van der Waals surface area contributed by atoms with E-state index >= 15 is 0 Å². The lowest BCUT2D eigenvalue weighted by molar-refractivity contribution is 0.0750. The van der Waals surface area contributed by atoms with Gasteiger partial charge in [0.15, 0.2) is 5.78 Å². The summed E-state index contributed by atoms with van der Waals surface area (Å²) < 4.78 is 0. The molecule has 0 aliphatic heterocycles. The third kappa shape index (κ3) is 3.18. The van der Waals surface area contributed by atoms with E-state index < -0.39 is 6.10 Å². The van der Waals surface area contributed by atoms with Crippen LogP contribution in [0.1, 0.15) is 10.4 Å². The van der Waals surface area contributed by atoms with Crippen LogP contribution in [0.3, 0.4) is 0 Å². The van der Waals surface area contributed by atoms with Crippen molar-refractivity contribution in [1.29, 1.82) is 0 Å². The molecule has 3 nitrogen and oxygen atoms in total. The van der Waals surface area contributed by atoms with Gasteiger partial charge < -0.3 is 10.4 Å². The van der Waals surface area contributed by atoms with Crippen molar-refractivity contribution in [1.82, 2.24) is 5.32 Å². The molecule has 0 aliphatic carbocycles. The minimum absolute atomic E-state index is 0.207. The SMILES string of the molecule is CNCC(O)C(=O)c1ccc(Cl)c(Cl)c1. The van der Waals surface area contributed by atoms with Gasteiger partial charge in [0.25, 0.3) is 0 Å². The number of hydrogen-bond acceptors (Lipinski definition) is 3. The van der Waals surface area contributed by atoms with Gasteiger partial charge in [-0.2, -0.15) is 0 Å². The molecule has 0 saturated carbocycles. The summed E-state index contributed by atoms with van der Waals surface area (Å²) in [6.45, 7) is 0.207. The summed E-state index contributed by atoms with van der Waals surface area (Å²) >= 11 is 11.5. The number of hydrogen-bond donors (Lipinski definition) is 2. The molecule has 5 heteroatoms. The molecule has 15 heavy (non-hydrogen) atoms. The van der Waals surface area contributed by atoms with Crippen LogP contribution in [-0.4, -0.2) is 30.6 Å². The van der Waals surface area contributed by atoms with Crippen LogP contribution in [0.15, 0.2) is 18.2 Å². The van der Waals surface area contributed by atoms with Crippen molar-refractivity contribution in [2.24, 2.45) is 0 Å². The van der Waals surface area contributed by atoms with E-state index in [1.165, 1.54) is 18.2 Å². The number of aliphatic hydroxyl groups is 1. The fraction of sp³-hybridized carbons (Fsp3) is 0.300. The van der Waals surface area contributed by atoms with Crippen LogP contribution in [0.2, 0.25) is 10.0 Å². The van der Waals surface area contributed by atoms with E-state index in [0.29, 0.717) is 15.6 Å².